The molecular formula is C11H15ClO3. The van der Waals surface area contributed by atoms with E-state index in [-0.39, 0.29) is 11.2 Å². The molecule has 3 nitrogen and oxygen atoms in total. The predicted octanol–water partition coefficient (Wildman–Crippen LogP) is 2.26. The van der Waals surface area contributed by atoms with E-state index < -0.39 is 16.4 Å². The molecule has 0 aromatic carbocycles. The molecule has 15 heavy (non-hydrogen) atoms. The van der Waals surface area contributed by atoms with Gasteiger partial charge in [0.1, 0.15) is 5.60 Å². The minimum atomic E-state index is -0.454. The lowest BCUT2D eigenvalue weighted by molar-refractivity contribution is -0.227. The fourth-order valence-electron chi connectivity index (χ4n) is 2.60. The van der Waals surface area contributed by atoms with Crippen molar-refractivity contribution in [2.75, 3.05) is 0 Å². The average molecular weight is 231 g/mol. The molecule has 3 saturated carbocycles. The van der Waals surface area contributed by atoms with E-state index in [2.05, 4.69) is 0 Å². The Morgan fingerprint density at radius 3 is 1.93 bits per heavy atom. The summed E-state index contributed by atoms with van der Waals surface area (Å²) in [6, 6.07) is 0. The molecule has 0 heterocycles. The van der Waals surface area contributed by atoms with Crippen LogP contribution in [0.5, 0.6) is 0 Å². The normalized spacial score (nSPS) is 37.6. The molecule has 84 valence electrons. The number of carbonyl (C=O) groups excluding carboxylic acids is 2. The molecule has 0 unspecified atom stereocenters. The van der Waals surface area contributed by atoms with Gasteiger partial charge in [0.25, 0.3) is 0 Å². The Labute approximate surface area is 94.1 Å². The van der Waals surface area contributed by atoms with Crippen molar-refractivity contribution >= 4 is 22.8 Å². The highest BCUT2D eigenvalue weighted by Gasteiger charge is 2.75. The second kappa shape index (κ2) is 2.76. The van der Waals surface area contributed by atoms with Gasteiger partial charge in [-0.3, -0.25) is 9.59 Å². The number of hydrogen-bond acceptors (Lipinski definition) is 3. The molecule has 3 fully saturated rings. The molecule has 4 heteroatoms. The van der Waals surface area contributed by atoms with Crippen molar-refractivity contribution in [3.8, 4) is 0 Å². The zero-order valence-corrected chi connectivity index (χ0v) is 9.98. The van der Waals surface area contributed by atoms with Crippen molar-refractivity contribution in [3.05, 3.63) is 0 Å². The number of esters is 1. The first-order chi connectivity index (χ1) is 6.69. The van der Waals surface area contributed by atoms with E-state index in [1.54, 1.807) is 0 Å². The second-order valence-electron chi connectivity index (χ2n) is 5.87. The van der Waals surface area contributed by atoms with Gasteiger partial charge in [-0.15, -0.1) is 0 Å². The summed E-state index contributed by atoms with van der Waals surface area (Å²) >= 11 is 5.47. The number of hydrogen-bond donors (Lipinski definition) is 0. The third-order valence-corrected chi connectivity index (χ3v) is 3.68. The highest BCUT2D eigenvalue weighted by atomic mass is 35.5. The fourth-order valence-corrected chi connectivity index (χ4v) is 2.80. The van der Waals surface area contributed by atoms with Crippen LogP contribution in [0.3, 0.4) is 0 Å². The van der Waals surface area contributed by atoms with Crippen molar-refractivity contribution in [2.24, 2.45) is 10.8 Å². The lowest BCUT2D eigenvalue weighted by Gasteiger charge is -2.66. The molecule has 2 bridgehead atoms. The van der Waals surface area contributed by atoms with E-state index in [0.717, 1.165) is 0 Å². The molecule has 3 aliphatic carbocycles. The Balaban J connectivity index is 1.96. The quantitative estimate of drug-likeness (QED) is 0.540. The zero-order chi connectivity index (χ0) is 11.5. The van der Waals surface area contributed by atoms with Gasteiger partial charge in [0.15, 0.2) is 0 Å². The lowest BCUT2D eigenvalue weighted by Crippen LogP contribution is -2.68. The fraction of sp³-hybridized carbons (Fsp3) is 0.818. The SMILES string of the molecule is CC(C)(C)OC(=O)C12CC(C(=O)Cl)(C1)C2. The molecular weight excluding hydrogens is 216 g/mol. The first-order valence-corrected chi connectivity index (χ1v) is 5.50. The number of carbonyl (C=O) groups is 2. The summed E-state index contributed by atoms with van der Waals surface area (Å²) in [6.07, 6.45) is 1.74. The Bertz CT molecular complexity index is 320. The highest BCUT2D eigenvalue weighted by molar-refractivity contribution is 6.65. The Kier molecular flexibility index (Phi) is 2.01. The summed E-state index contributed by atoms with van der Waals surface area (Å²) in [6.45, 7) is 5.54. The van der Waals surface area contributed by atoms with Gasteiger partial charge in [-0.05, 0) is 51.6 Å². The summed E-state index contributed by atoms with van der Waals surface area (Å²) in [5, 5.41) is -0.298. The molecule has 0 atom stereocenters. The molecule has 0 spiro atoms. The summed E-state index contributed by atoms with van der Waals surface area (Å²) < 4.78 is 5.31. The van der Waals surface area contributed by atoms with E-state index in [0.29, 0.717) is 19.3 Å². The van der Waals surface area contributed by atoms with Crippen molar-refractivity contribution in [2.45, 2.75) is 45.6 Å². The Morgan fingerprint density at radius 2 is 1.60 bits per heavy atom. The van der Waals surface area contributed by atoms with Crippen molar-refractivity contribution in [3.63, 3.8) is 0 Å². The standard InChI is InChI=1S/C11H15ClO3/c1-9(2,3)15-8(14)11-4-10(5-11,6-11)7(12)13/h4-6H2,1-3H3. The molecule has 0 radical (unpaired) electrons. The average Bonchev–Trinajstić information content (AvgIpc) is 1.72. The van der Waals surface area contributed by atoms with Crippen LogP contribution in [-0.2, 0) is 14.3 Å². The van der Waals surface area contributed by atoms with Gasteiger partial charge in [0.2, 0.25) is 5.24 Å². The number of ether oxygens (including phenoxy) is 1. The van der Waals surface area contributed by atoms with E-state index in [1.165, 1.54) is 0 Å². The van der Waals surface area contributed by atoms with Crippen LogP contribution in [0.25, 0.3) is 0 Å². The van der Waals surface area contributed by atoms with Crippen LogP contribution in [0.15, 0.2) is 0 Å². The third-order valence-electron chi connectivity index (χ3n) is 3.28. The van der Waals surface area contributed by atoms with Crippen LogP contribution in [0.1, 0.15) is 40.0 Å². The number of rotatable bonds is 2. The Morgan fingerprint density at radius 1 is 1.13 bits per heavy atom. The maximum Gasteiger partial charge on any atom is 0.312 e. The summed E-state index contributed by atoms with van der Waals surface area (Å²) in [5.74, 6) is -0.171. The minimum absolute atomic E-state index is 0.171. The highest BCUT2D eigenvalue weighted by Crippen LogP contribution is 2.74. The Hall–Kier alpha value is -0.570. The van der Waals surface area contributed by atoms with Crippen LogP contribution < -0.4 is 0 Å². The van der Waals surface area contributed by atoms with Crippen LogP contribution in [0.4, 0.5) is 0 Å². The molecule has 0 aliphatic heterocycles. The maximum absolute atomic E-state index is 11.8. The van der Waals surface area contributed by atoms with E-state index in [4.69, 9.17) is 16.3 Å². The van der Waals surface area contributed by atoms with Gasteiger partial charge in [0, 0.05) is 5.41 Å². The van der Waals surface area contributed by atoms with Gasteiger partial charge in [-0.25, -0.2) is 0 Å². The van der Waals surface area contributed by atoms with Crippen LogP contribution in [-0.4, -0.2) is 16.8 Å². The predicted molar refractivity (Wildman–Crippen MR) is 55.4 cm³/mol. The molecule has 3 aliphatic rings. The lowest BCUT2D eigenvalue weighted by atomic mass is 9.35. The largest absolute Gasteiger partial charge is 0.460 e. The molecule has 0 N–H and O–H groups in total. The zero-order valence-electron chi connectivity index (χ0n) is 9.22. The van der Waals surface area contributed by atoms with Gasteiger partial charge in [-0.2, -0.15) is 0 Å². The first-order valence-electron chi connectivity index (χ1n) is 5.13. The van der Waals surface area contributed by atoms with Crippen LogP contribution in [0, 0.1) is 10.8 Å². The molecule has 0 aromatic heterocycles. The van der Waals surface area contributed by atoms with E-state index in [9.17, 15) is 9.59 Å². The van der Waals surface area contributed by atoms with E-state index in [1.807, 2.05) is 20.8 Å². The van der Waals surface area contributed by atoms with Gasteiger partial charge in [0.05, 0.1) is 5.41 Å². The molecule has 0 amide bonds. The monoisotopic (exact) mass is 230 g/mol. The molecule has 3 rings (SSSR count). The summed E-state index contributed by atoms with van der Waals surface area (Å²) in [4.78, 5) is 22.8. The molecule has 0 saturated heterocycles. The van der Waals surface area contributed by atoms with Crippen molar-refractivity contribution in [1.29, 1.82) is 0 Å². The van der Waals surface area contributed by atoms with Crippen LogP contribution >= 0.6 is 11.6 Å². The van der Waals surface area contributed by atoms with Gasteiger partial charge >= 0.3 is 5.97 Å². The van der Waals surface area contributed by atoms with Gasteiger partial charge in [-0.1, -0.05) is 0 Å². The van der Waals surface area contributed by atoms with Crippen molar-refractivity contribution in [1.82, 2.24) is 0 Å². The second-order valence-corrected chi connectivity index (χ2v) is 6.21. The smallest absolute Gasteiger partial charge is 0.312 e. The number of halogens is 1. The molecule has 0 aromatic rings. The minimum Gasteiger partial charge on any atom is -0.460 e. The maximum atomic E-state index is 11.8. The summed E-state index contributed by atoms with van der Waals surface area (Å²) in [5.41, 5.74) is -1.24. The van der Waals surface area contributed by atoms with Gasteiger partial charge < -0.3 is 4.74 Å². The third kappa shape index (κ3) is 1.48. The van der Waals surface area contributed by atoms with E-state index >= 15 is 0 Å². The van der Waals surface area contributed by atoms with Crippen LogP contribution in [0.2, 0.25) is 0 Å². The summed E-state index contributed by atoms with van der Waals surface area (Å²) in [7, 11) is 0. The first kappa shape index (κ1) is 10.9. The van der Waals surface area contributed by atoms with Crippen molar-refractivity contribution < 1.29 is 14.3 Å². The topological polar surface area (TPSA) is 43.4 Å².